The van der Waals surface area contributed by atoms with Crippen LogP contribution in [0.5, 0.6) is 0 Å². The molecule has 0 aliphatic carbocycles. The van der Waals surface area contributed by atoms with Gasteiger partial charge in [0.05, 0.1) is 0 Å². The number of hydrogen-bond acceptors (Lipinski definition) is 3. The van der Waals surface area contributed by atoms with Crippen molar-refractivity contribution in [3.05, 3.63) is 30.1 Å². The molecular formula is C13H22N2O. The van der Waals surface area contributed by atoms with Gasteiger partial charge in [-0.25, -0.2) is 0 Å². The van der Waals surface area contributed by atoms with Gasteiger partial charge in [-0.2, -0.15) is 0 Å². The minimum Gasteiger partial charge on any atom is -0.396 e. The molecule has 1 aromatic heterocycles. The first-order valence-corrected chi connectivity index (χ1v) is 6.03. The highest BCUT2D eigenvalue weighted by molar-refractivity contribution is 5.08. The van der Waals surface area contributed by atoms with Crippen LogP contribution in [-0.4, -0.2) is 29.8 Å². The van der Waals surface area contributed by atoms with Gasteiger partial charge in [-0.3, -0.25) is 4.98 Å². The Morgan fingerprint density at radius 1 is 1.44 bits per heavy atom. The third-order valence-electron chi connectivity index (χ3n) is 2.68. The van der Waals surface area contributed by atoms with E-state index in [2.05, 4.69) is 23.3 Å². The Morgan fingerprint density at radius 2 is 2.31 bits per heavy atom. The Kier molecular flexibility index (Phi) is 6.77. The average molecular weight is 222 g/mol. The molecule has 0 spiro atoms. The van der Waals surface area contributed by atoms with Crippen LogP contribution in [0.2, 0.25) is 0 Å². The molecule has 0 aliphatic rings. The fraction of sp³-hybridized carbons (Fsp3) is 0.615. The van der Waals surface area contributed by atoms with Gasteiger partial charge in [-0.15, -0.1) is 0 Å². The molecule has 16 heavy (non-hydrogen) atoms. The van der Waals surface area contributed by atoms with Crippen LogP contribution < -0.4 is 5.32 Å². The fourth-order valence-electron chi connectivity index (χ4n) is 1.57. The summed E-state index contributed by atoms with van der Waals surface area (Å²) in [4.78, 5) is 4.08. The van der Waals surface area contributed by atoms with Crippen LogP contribution in [0.1, 0.15) is 25.3 Å². The SMILES string of the molecule is CC(CO)CCCNCCc1cccnc1. The molecule has 1 atom stereocenters. The summed E-state index contributed by atoms with van der Waals surface area (Å²) in [7, 11) is 0. The van der Waals surface area contributed by atoms with Gasteiger partial charge in [0.15, 0.2) is 0 Å². The largest absolute Gasteiger partial charge is 0.396 e. The van der Waals surface area contributed by atoms with Gasteiger partial charge in [0.1, 0.15) is 0 Å². The summed E-state index contributed by atoms with van der Waals surface area (Å²) >= 11 is 0. The molecule has 3 nitrogen and oxygen atoms in total. The van der Waals surface area contributed by atoms with Gasteiger partial charge in [0.25, 0.3) is 0 Å². The Balaban J connectivity index is 1.96. The van der Waals surface area contributed by atoms with Gasteiger partial charge in [0, 0.05) is 19.0 Å². The zero-order valence-electron chi connectivity index (χ0n) is 10.0. The van der Waals surface area contributed by atoms with Gasteiger partial charge in [-0.05, 0) is 49.9 Å². The molecule has 1 heterocycles. The maximum atomic E-state index is 8.86. The van der Waals surface area contributed by atoms with E-state index in [0.29, 0.717) is 12.5 Å². The lowest BCUT2D eigenvalue weighted by Gasteiger charge is -2.08. The molecule has 2 N–H and O–H groups in total. The van der Waals surface area contributed by atoms with Crippen LogP contribution >= 0.6 is 0 Å². The molecule has 0 bridgehead atoms. The van der Waals surface area contributed by atoms with Crippen molar-refractivity contribution in [3.63, 3.8) is 0 Å². The standard InChI is InChI=1S/C13H22N2O/c1-12(11-16)4-2-7-14-9-6-13-5-3-8-15-10-13/h3,5,8,10,12,14,16H,2,4,6-7,9,11H2,1H3. The Bertz CT molecular complexity index is 264. The molecule has 0 saturated carbocycles. The predicted molar refractivity (Wildman–Crippen MR) is 66.3 cm³/mol. The Morgan fingerprint density at radius 3 is 3.00 bits per heavy atom. The number of pyridine rings is 1. The second-order valence-electron chi connectivity index (χ2n) is 4.29. The summed E-state index contributed by atoms with van der Waals surface area (Å²) in [6.07, 6.45) is 6.97. The average Bonchev–Trinajstić information content (AvgIpc) is 2.34. The highest BCUT2D eigenvalue weighted by Crippen LogP contribution is 2.02. The summed E-state index contributed by atoms with van der Waals surface area (Å²) in [5.41, 5.74) is 1.28. The normalized spacial score (nSPS) is 12.6. The molecule has 0 aromatic carbocycles. The topological polar surface area (TPSA) is 45.1 Å². The van der Waals surface area contributed by atoms with E-state index in [0.717, 1.165) is 32.4 Å². The summed E-state index contributed by atoms with van der Waals surface area (Å²) in [6, 6.07) is 4.07. The second kappa shape index (κ2) is 8.25. The van der Waals surface area contributed by atoms with E-state index >= 15 is 0 Å². The number of nitrogens with zero attached hydrogens (tertiary/aromatic N) is 1. The molecule has 0 amide bonds. The molecule has 90 valence electrons. The first-order chi connectivity index (χ1) is 7.83. The molecule has 0 aliphatic heterocycles. The lowest BCUT2D eigenvalue weighted by Crippen LogP contribution is -2.19. The van der Waals surface area contributed by atoms with E-state index in [-0.39, 0.29) is 0 Å². The van der Waals surface area contributed by atoms with Crippen LogP contribution in [-0.2, 0) is 6.42 Å². The minimum atomic E-state index is 0.301. The zero-order chi connectivity index (χ0) is 11.6. The summed E-state index contributed by atoms with van der Waals surface area (Å²) in [5.74, 6) is 0.431. The second-order valence-corrected chi connectivity index (χ2v) is 4.29. The molecule has 1 unspecified atom stereocenters. The molecule has 3 heteroatoms. The zero-order valence-corrected chi connectivity index (χ0v) is 10.0. The van der Waals surface area contributed by atoms with Crippen molar-refractivity contribution < 1.29 is 5.11 Å². The summed E-state index contributed by atoms with van der Waals surface area (Å²) in [5, 5.41) is 12.3. The minimum absolute atomic E-state index is 0.301. The van der Waals surface area contributed by atoms with Gasteiger partial charge < -0.3 is 10.4 Å². The first-order valence-electron chi connectivity index (χ1n) is 6.03. The molecule has 1 rings (SSSR count). The predicted octanol–water partition coefficient (Wildman–Crippen LogP) is 1.62. The first kappa shape index (κ1) is 13.1. The van der Waals surface area contributed by atoms with Crippen LogP contribution in [0.25, 0.3) is 0 Å². The molecule has 1 aromatic rings. The maximum absolute atomic E-state index is 8.86. The Hall–Kier alpha value is -0.930. The number of aromatic nitrogens is 1. The van der Waals surface area contributed by atoms with Crippen molar-refractivity contribution in [2.75, 3.05) is 19.7 Å². The monoisotopic (exact) mass is 222 g/mol. The van der Waals surface area contributed by atoms with Gasteiger partial charge >= 0.3 is 0 Å². The number of nitrogens with one attached hydrogen (secondary N) is 1. The molecule has 0 radical (unpaired) electrons. The van der Waals surface area contributed by atoms with E-state index in [1.165, 1.54) is 5.56 Å². The number of hydrogen-bond donors (Lipinski definition) is 2. The molecule has 0 fully saturated rings. The lowest BCUT2D eigenvalue weighted by molar-refractivity contribution is 0.228. The summed E-state index contributed by atoms with van der Waals surface area (Å²) < 4.78 is 0. The Labute approximate surface area is 97.9 Å². The number of rotatable bonds is 8. The van der Waals surface area contributed by atoms with Crippen molar-refractivity contribution in [1.29, 1.82) is 0 Å². The maximum Gasteiger partial charge on any atom is 0.0456 e. The lowest BCUT2D eigenvalue weighted by atomic mass is 10.1. The smallest absolute Gasteiger partial charge is 0.0456 e. The highest BCUT2D eigenvalue weighted by Gasteiger charge is 1.98. The van der Waals surface area contributed by atoms with Crippen LogP contribution in [0, 0.1) is 5.92 Å². The fourth-order valence-corrected chi connectivity index (χ4v) is 1.57. The highest BCUT2D eigenvalue weighted by atomic mass is 16.3. The van der Waals surface area contributed by atoms with E-state index in [9.17, 15) is 0 Å². The van der Waals surface area contributed by atoms with E-state index in [4.69, 9.17) is 5.11 Å². The van der Waals surface area contributed by atoms with Crippen molar-refractivity contribution >= 4 is 0 Å². The van der Waals surface area contributed by atoms with Crippen molar-refractivity contribution in [2.45, 2.75) is 26.2 Å². The van der Waals surface area contributed by atoms with Crippen molar-refractivity contribution in [1.82, 2.24) is 10.3 Å². The molecular weight excluding hydrogens is 200 g/mol. The quantitative estimate of drug-likeness (QED) is 0.657. The third kappa shape index (κ3) is 5.83. The van der Waals surface area contributed by atoms with Crippen LogP contribution in [0.4, 0.5) is 0 Å². The number of aliphatic hydroxyl groups excluding tert-OH is 1. The van der Waals surface area contributed by atoms with Crippen molar-refractivity contribution in [2.24, 2.45) is 5.92 Å². The van der Waals surface area contributed by atoms with E-state index in [1.54, 1.807) is 6.20 Å². The van der Waals surface area contributed by atoms with Crippen LogP contribution in [0.15, 0.2) is 24.5 Å². The third-order valence-corrected chi connectivity index (χ3v) is 2.68. The van der Waals surface area contributed by atoms with Crippen molar-refractivity contribution in [3.8, 4) is 0 Å². The molecule has 0 saturated heterocycles. The van der Waals surface area contributed by atoms with Gasteiger partial charge in [0.2, 0.25) is 0 Å². The van der Waals surface area contributed by atoms with Crippen LogP contribution in [0.3, 0.4) is 0 Å². The van der Waals surface area contributed by atoms with Gasteiger partial charge in [-0.1, -0.05) is 13.0 Å². The van der Waals surface area contributed by atoms with E-state index in [1.807, 2.05) is 12.3 Å². The number of aliphatic hydroxyl groups is 1. The van der Waals surface area contributed by atoms with E-state index < -0.39 is 0 Å². The summed E-state index contributed by atoms with van der Waals surface area (Å²) in [6.45, 7) is 4.41.